The summed E-state index contributed by atoms with van der Waals surface area (Å²) in [5, 5.41) is 4.50. The number of methoxy groups -OCH3 is 1. The number of carbonyl (C=O) groups excluding carboxylic acids is 1. The summed E-state index contributed by atoms with van der Waals surface area (Å²) in [6.45, 7) is 12.2. The van der Waals surface area contributed by atoms with Gasteiger partial charge in [-0.2, -0.15) is 5.10 Å². The fourth-order valence-electron chi connectivity index (χ4n) is 3.15. The second-order valence-corrected chi connectivity index (χ2v) is 7.04. The average molecular weight is 346 g/mol. The molecule has 0 radical (unpaired) electrons. The first-order valence-corrected chi connectivity index (χ1v) is 8.92. The summed E-state index contributed by atoms with van der Waals surface area (Å²) in [4.78, 5) is 19.2. The summed E-state index contributed by atoms with van der Waals surface area (Å²) in [6, 6.07) is 1.98. The smallest absolute Gasteiger partial charge is 0.222 e. The number of aryl methyl sites for hydroxylation is 3. The number of nitrogens with zero attached hydrogens (tertiary/aromatic N) is 4. The molecule has 25 heavy (non-hydrogen) atoms. The number of carbonyl (C=O) groups is 1. The van der Waals surface area contributed by atoms with Crippen LogP contribution in [0.4, 0.5) is 0 Å². The molecule has 0 spiro atoms. The van der Waals surface area contributed by atoms with Gasteiger partial charge in [-0.1, -0.05) is 13.8 Å². The lowest BCUT2D eigenvalue weighted by Gasteiger charge is -2.24. The predicted molar refractivity (Wildman–Crippen MR) is 98.8 cm³/mol. The van der Waals surface area contributed by atoms with Crippen molar-refractivity contribution in [3.8, 4) is 0 Å². The third-order valence-electron chi connectivity index (χ3n) is 4.38. The van der Waals surface area contributed by atoms with E-state index in [1.165, 1.54) is 0 Å². The normalized spacial score (nSPS) is 11.5. The van der Waals surface area contributed by atoms with Gasteiger partial charge in [0.25, 0.3) is 0 Å². The van der Waals surface area contributed by atoms with Gasteiger partial charge in [-0.25, -0.2) is 9.50 Å². The standard InChI is InChI=1S/C19H30N4O2/c1-13(2)12-22(9-10-25-6)19(24)8-7-17-15(4)20-18-11-14(3)21-23(18)16(17)5/h11,13H,7-10,12H2,1-6H3. The zero-order valence-corrected chi connectivity index (χ0v) is 16.3. The fourth-order valence-corrected chi connectivity index (χ4v) is 3.15. The van der Waals surface area contributed by atoms with Crippen molar-refractivity contribution in [1.82, 2.24) is 19.5 Å². The van der Waals surface area contributed by atoms with E-state index in [9.17, 15) is 4.79 Å². The van der Waals surface area contributed by atoms with Crippen LogP contribution in [-0.4, -0.2) is 52.2 Å². The molecule has 2 heterocycles. The van der Waals surface area contributed by atoms with E-state index >= 15 is 0 Å². The van der Waals surface area contributed by atoms with E-state index in [0.29, 0.717) is 31.9 Å². The van der Waals surface area contributed by atoms with Crippen LogP contribution < -0.4 is 0 Å². The van der Waals surface area contributed by atoms with E-state index in [0.717, 1.165) is 34.8 Å². The third kappa shape index (κ3) is 4.78. The highest BCUT2D eigenvalue weighted by atomic mass is 16.5. The maximum atomic E-state index is 12.7. The van der Waals surface area contributed by atoms with Crippen molar-refractivity contribution in [2.75, 3.05) is 26.8 Å². The molecule has 2 rings (SSSR count). The van der Waals surface area contributed by atoms with Gasteiger partial charge in [-0.3, -0.25) is 4.79 Å². The largest absolute Gasteiger partial charge is 0.383 e. The molecule has 0 fully saturated rings. The van der Waals surface area contributed by atoms with E-state index in [2.05, 4.69) is 23.9 Å². The topological polar surface area (TPSA) is 59.7 Å². The summed E-state index contributed by atoms with van der Waals surface area (Å²) >= 11 is 0. The van der Waals surface area contributed by atoms with E-state index < -0.39 is 0 Å². The van der Waals surface area contributed by atoms with Crippen LogP contribution in [0.2, 0.25) is 0 Å². The maximum Gasteiger partial charge on any atom is 0.222 e. The number of rotatable bonds is 8. The first-order chi connectivity index (χ1) is 11.8. The van der Waals surface area contributed by atoms with Crippen molar-refractivity contribution in [3.05, 3.63) is 28.7 Å². The molecule has 0 saturated carbocycles. The zero-order chi connectivity index (χ0) is 18.6. The summed E-state index contributed by atoms with van der Waals surface area (Å²) in [5.74, 6) is 0.607. The monoisotopic (exact) mass is 346 g/mol. The van der Waals surface area contributed by atoms with E-state index in [-0.39, 0.29) is 5.91 Å². The van der Waals surface area contributed by atoms with Crippen molar-refractivity contribution in [3.63, 3.8) is 0 Å². The quantitative estimate of drug-likeness (QED) is 0.737. The van der Waals surface area contributed by atoms with Crippen LogP contribution >= 0.6 is 0 Å². The van der Waals surface area contributed by atoms with Gasteiger partial charge in [0, 0.05) is 44.1 Å². The number of fused-ring (bicyclic) bond motifs is 1. The molecule has 0 unspecified atom stereocenters. The molecule has 6 heteroatoms. The van der Waals surface area contributed by atoms with Gasteiger partial charge < -0.3 is 9.64 Å². The van der Waals surface area contributed by atoms with Crippen LogP contribution in [0.5, 0.6) is 0 Å². The molecule has 2 aromatic heterocycles. The van der Waals surface area contributed by atoms with Crippen molar-refractivity contribution in [1.29, 1.82) is 0 Å². The lowest BCUT2D eigenvalue weighted by molar-refractivity contribution is -0.132. The van der Waals surface area contributed by atoms with Crippen molar-refractivity contribution in [2.24, 2.45) is 5.92 Å². The third-order valence-corrected chi connectivity index (χ3v) is 4.38. The molecule has 0 bridgehead atoms. The lowest BCUT2D eigenvalue weighted by atomic mass is 10.1. The molecule has 0 aliphatic carbocycles. The van der Waals surface area contributed by atoms with E-state index in [4.69, 9.17) is 4.74 Å². The molecule has 0 aliphatic heterocycles. The van der Waals surface area contributed by atoms with Gasteiger partial charge in [0.2, 0.25) is 5.91 Å². The molecule has 0 N–H and O–H groups in total. The molecule has 0 saturated heterocycles. The molecule has 1 amide bonds. The number of aromatic nitrogens is 3. The number of hydrogen-bond acceptors (Lipinski definition) is 4. The Bertz CT molecular complexity index is 737. The second kappa shape index (κ2) is 8.43. The Labute approximate surface area is 150 Å². The second-order valence-electron chi connectivity index (χ2n) is 7.04. The van der Waals surface area contributed by atoms with Crippen LogP contribution in [0.1, 0.15) is 42.9 Å². The highest BCUT2D eigenvalue weighted by molar-refractivity contribution is 5.76. The Balaban J connectivity index is 2.13. The first kappa shape index (κ1) is 19.4. The van der Waals surface area contributed by atoms with Crippen LogP contribution in [0.3, 0.4) is 0 Å². The van der Waals surface area contributed by atoms with Gasteiger partial charge in [0.1, 0.15) is 0 Å². The summed E-state index contributed by atoms with van der Waals surface area (Å²) in [6.07, 6.45) is 1.16. The molecule has 0 atom stereocenters. The summed E-state index contributed by atoms with van der Waals surface area (Å²) in [5.41, 5.74) is 4.97. The highest BCUT2D eigenvalue weighted by Gasteiger charge is 2.17. The van der Waals surface area contributed by atoms with Gasteiger partial charge >= 0.3 is 0 Å². The summed E-state index contributed by atoms with van der Waals surface area (Å²) < 4.78 is 7.01. The van der Waals surface area contributed by atoms with Crippen LogP contribution in [0.15, 0.2) is 6.07 Å². The number of hydrogen-bond donors (Lipinski definition) is 0. The van der Waals surface area contributed by atoms with Crippen molar-refractivity contribution in [2.45, 2.75) is 47.5 Å². The van der Waals surface area contributed by atoms with Crippen LogP contribution in [-0.2, 0) is 16.0 Å². The minimum atomic E-state index is 0.168. The summed E-state index contributed by atoms with van der Waals surface area (Å²) in [7, 11) is 1.66. The Morgan fingerprint density at radius 3 is 2.68 bits per heavy atom. The van der Waals surface area contributed by atoms with Crippen LogP contribution in [0.25, 0.3) is 5.65 Å². The minimum Gasteiger partial charge on any atom is -0.383 e. The van der Waals surface area contributed by atoms with E-state index in [1.54, 1.807) is 7.11 Å². The van der Waals surface area contributed by atoms with Crippen molar-refractivity contribution < 1.29 is 9.53 Å². The lowest BCUT2D eigenvalue weighted by Crippen LogP contribution is -2.37. The maximum absolute atomic E-state index is 12.7. The van der Waals surface area contributed by atoms with Crippen LogP contribution in [0, 0.1) is 26.7 Å². The number of amides is 1. The number of ether oxygens (including phenoxy) is 1. The van der Waals surface area contributed by atoms with Gasteiger partial charge in [0.15, 0.2) is 5.65 Å². The Hall–Kier alpha value is -1.95. The van der Waals surface area contributed by atoms with Gasteiger partial charge in [-0.05, 0) is 38.7 Å². The molecule has 0 aliphatic rings. The molecule has 2 aromatic rings. The highest BCUT2D eigenvalue weighted by Crippen LogP contribution is 2.17. The van der Waals surface area contributed by atoms with Gasteiger partial charge in [-0.15, -0.1) is 0 Å². The first-order valence-electron chi connectivity index (χ1n) is 8.92. The van der Waals surface area contributed by atoms with Crippen molar-refractivity contribution >= 4 is 11.6 Å². The minimum absolute atomic E-state index is 0.168. The molecular formula is C19H30N4O2. The van der Waals surface area contributed by atoms with E-state index in [1.807, 2.05) is 36.3 Å². The SMILES string of the molecule is COCCN(CC(C)C)C(=O)CCc1c(C)nc2cc(C)nn2c1C. The Morgan fingerprint density at radius 1 is 1.32 bits per heavy atom. The Kier molecular flexibility index (Phi) is 6.53. The average Bonchev–Trinajstić information content (AvgIpc) is 2.91. The fraction of sp³-hybridized carbons (Fsp3) is 0.632. The molecule has 6 nitrogen and oxygen atoms in total. The zero-order valence-electron chi connectivity index (χ0n) is 16.3. The molecular weight excluding hydrogens is 316 g/mol. The Morgan fingerprint density at radius 2 is 2.04 bits per heavy atom. The molecule has 0 aromatic carbocycles. The molecule has 138 valence electrons. The predicted octanol–water partition coefficient (Wildman–Crippen LogP) is 2.72. The van der Waals surface area contributed by atoms with Gasteiger partial charge in [0.05, 0.1) is 12.3 Å².